The molecule has 0 saturated heterocycles. The molecule has 0 aliphatic heterocycles. The predicted octanol–water partition coefficient (Wildman–Crippen LogP) is 4.18. The van der Waals surface area contributed by atoms with Gasteiger partial charge in [-0.25, -0.2) is 8.78 Å². The molecular weight excluding hydrogens is 232 g/mol. The highest BCUT2D eigenvalue weighted by molar-refractivity contribution is 5.94. The molecule has 0 radical (unpaired) electrons. The fourth-order valence-electron chi connectivity index (χ4n) is 2.02. The smallest absolute Gasteiger partial charge is 0.149 e. The quantitative estimate of drug-likeness (QED) is 0.622. The number of benzene rings is 2. The van der Waals surface area contributed by atoms with Crippen molar-refractivity contribution in [1.82, 2.24) is 4.98 Å². The predicted molar refractivity (Wildman–Crippen MR) is 67.1 cm³/mol. The van der Waals surface area contributed by atoms with Crippen LogP contribution >= 0.6 is 0 Å². The number of halogens is 2. The lowest BCUT2D eigenvalue weighted by atomic mass is 10.0. The van der Waals surface area contributed by atoms with Gasteiger partial charge in [0.15, 0.2) is 0 Å². The Balaban J connectivity index is 2.29. The third kappa shape index (κ3) is 1.74. The fourth-order valence-corrected chi connectivity index (χ4v) is 2.02. The van der Waals surface area contributed by atoms with Crippen molar-refractivity contribution < 1.29 is 8.78 Å². The van der Waals surface area contributed by atoms with Crippen molar-refractivity contribution in [1.29, 1.82) is 0 Å². The zero-order valence-corrected chi connectivity index (χ0v) is 9.40. The third-order valence-electron chi connectivity index (χ3n) is 2.88. The van der Waals surface area contributed by atoms with Gasteiger partial charge in [-0.05, 0) is 35.4 Å². The van der Waals surface area contributed by atoms with Crippen LogP contribution in [-0.4, -0.2) is 4.98 Å². The summed E-state index contributed by atoms with van der Waals surface area (Å²) in [5.74, 6) is -0.639. The molecule has 0 fully saturated rings. The number of para-hydroxylation sites is 1. The van der Waals surface area contributed by atoms with Crippen molar-refractivity contribution in [2.75, 3.05) is 0 Å². The van der Waals surface area contributed by atoms with E-state index < -0.39 is 0 Å². The summed E-state index contributed by atoms with van der Waals surface area (Å²) < 4.78 is 26.5. The number of fused-ring (bicyclic) bond motifs is 1. The van der Waals surface area contributed by atoms with Crippen molar-refractivity contribution in [2.45, 2.75) is 0 Å². The van der Waals surface area contributed by atoms with E-state index in [1.165, 1.54) is 18.2 Å². The minimum atomic E-state index is -0.350. The number of pyridine rings is 1. The van der Waals surface area contributed by atoms with Gasteiger partial charge in [0.1, 0.15) is 17.2 Å². The minimum absolute atomic E-state index is 0.289. The van der Waals surface area contributed by atoms with Crippen LogP contribution in [-0.2, 0) is 0 Å². The molecule has 18 heavy (non-hydrogen) atoms. The van der Waals surface area contributed by atoms with E-state index in [1.807, 2.05) is 6.07 Å². The lowest BCUT2D eigenvalue weighted by Gasteiger charge is -2.06. The molecule has 0 unspecified atom stereocenters. The maximum Gasteiger partial charge on any atom is 0.149 e. The molecule has 0 spiro atoms. The maximum atomic E-state index is 13.6. The van der Waals surface area contributed by atoms with Gasteiger partial charge in [0.25, 0.3) is 0 Å². The normalized spacial score (nSPS) is 10.8. The topological polar surface area (TPSA) is 12.9 Å². The second-order valence-corrected chi connectivity index (χ2v) is 4.00. The first-order valence-electron chi connectivity index (χ1n) is 5.55. The van der Waals surface area contributed by atoms with Gasteiger partial charge >= 0.3 is 0 Å². The van der Waals surface area contributed by atoms with Crippen molar-refractivity contribution in [2.24, 2.45) is 0 Å². The molecule has 1 aromatic heterocycles. The van der Waals surface area contributed by atoms with E-state index in [1.54, 1.807) is 30.5 Å². The number of nitrogens with zero attached hydrogens (tertiary/aromatic N) is 1. The first-order valence-corrected chi connectivity index (χ1v) is 5.55. The van der Waals surface area contributed by atoms with Crippen LogP contribution in [0.15, 0.2) is 54.7 Å². The van der Waals surface area contributed by atoms with Gasteiger partial charge in [0, 0.05) is 11.6 Å². The molecule has 2 aromatic carbocycles. The Kier molecular flexibility index (Phi) is 2.52. The first-order chi connectivity index (χ1) is 8.75. The first kappa shape index (κ1) is 10.8. The molecule has 0 N–H and O–H groups in total. The van der Waals surface area contributed by atoms with Crippen LogP contribution in [0.1, 0.15) is 0 Å². The zero-order chi connectivity index (χ0) is 12.5. The maximum absolute atomic E-state index is 13.6. The highest BCUT2D eigenvalue weighted by Crippen LogP contribution is 2.28. The van der Waals surface area contributed by atoms with Gasteiger partial charge in [-0.15, -0.1) is 0 Å². The van der Waals surface area contributed by atoms with Crippen molar-refractivity contribution >= 4 is 10.9 Å². The van der Waals surface area contributed by atoms with E-state index in [9.17, 15) is 8.78 Å². The second kappa shape index (κ2) is 4.18. The Hall–Kier alpha value is -2.29. The van der Waals surface area contributed by atoms with E-state index in [0.29, 0.717) is 5.52 Å². The number of rotatable bonds is 1. The summed E-state index contributed by atoms with van der Waals surface area (Å²) in [5, 5.41) is 0.726. The van der Waals surface area contributed by atoms with Crippen molar-refractivity contribution in [3.05, 3.63) is 66.4 Å². The summed E-state index contributed by atoms with van der Waals surface area (Å²) in [6.45, 7) is 0. The Labute approximate surface area is 103 Å². The molecule has 0 amide bonds. The summed E-state index contributed by atoms with van der Waals surface area (Å²) in [5.41, 5.74) is 2.02. The lowest BCUT2D eigenvalue weighted by Crippen LogP contribution is -1.87. The van der Waals surface area contributed by atoms with Crippen LogP contribution < -0.4 is 0 Å². The monoisotopic (exact) mass is 241 g/mol. The largest absolute Gasteiger partial charge is 0.253 e. The Morgan fingerprint density at radius 1 is 0.833 bits per heavy atom. The highest BCUT2D eigenvalue weighted by atomic mass is 19.1. The molecule has 0 atom stereocenters. The van der Waals surface area contributed by atoms with Crippen LogP contribution in [0.5, 0.6) is 0 Å². The van der Waals surface area contributed by atoms with E-state index in [-0.39, 0.29) is 11.6 Å². The number of hydrogen-bond acceptors (Lipinski definition) is 1. The lowest BCUT2D eigenvalue weighted by molar-refractivity contribution is 0.628. The molecule has 3 aromatic rings. The third-order valence-corrected chi connectivity index (χ3v) is 2.88. The standard InChI is InChI=1S/C15H9F2N/c16-11-6-4-10(5-7-11)12-8-9-18-15-13(12)2-1-3-14(15)17/h1-9H. The fraction of sp³-hybridized carbons (Fsp3) is 0. The van der Waals surface area contributed by atoms with Gasteiger partial charge in [-0.3, -0.25) is 4.98 Å². The van der Waals surface area contributed by atoms with Crippen molar-refractivity contribution in [3.8, 4) is 11.1 Å². The number of aromatic nitrogens is 1. The molecule has 0 aliphatic rings. The van der Waals surface area contributed by atoms with Gasteiger partial charge in [0.2, 0.25) is 0 Å². The summed E-state index contributed by atoms with van der Waals surface area (Å²) in [6.07, 6.45) is 1.56. The minimum Gasteiger partial charge on any atom is -0.253 e. The molecule has 1 nitrogen and oxygen atoms in total. The molecule has 1 heterocycles. The van der Waals surface area contributed by atoms with Gasteiger partial charge in [-0.1, -0.05) is 24.3 Å². The second-order valence-electron chi connectivity index (χ2n) is 4.00. The molecule has 0 aliphatic carbocycles. The van der Waals surface area contributed by atoms with Crippen LogP contribution in [0, 0.1) is 11.6 Å². The molecular formula is C15H9F2N. The molecule has 0 saturated carbocycles. The van der Waals surface area contributed by atoms with Crippen LogP contribution in [0.3, 0.4) is 0 Å². The zero-order valence-electron chi connectivity index (χ0n) is 9.40. The summed E-state index contributed by atoms with van der Waals surface area (Å²) in [7, 11) is 0. The van der Waals surface area contributed by atoms with E-state index in [4.69, 9.17) is 0 Å². The summed E-state index contributed by atoms with van der Waals surface area (Å²) >= 11 is 0. The summed E-state index contributed by atoms with van der Waals surface area (Å²) in [6, 6.07) is 12.8. The Morgan fingerprint density at radius 3 is 2.39 bits per heavy atom. The highest BCUT2D eigenvalue weighted by Gasteiger charge is 2.07. The van der Waals surface area contributed by atoms with E-state index in [0.717, 1.165) is 16.5 Å². The average molecular weight is 241 g/mol. The molecule has 3 rings (SSSR count). The van der Waals surface area contributed by atoms with Gasteiger partial charge < -0.3 is 0 Å². The van der Waals surface area contributed by atoms with E-state index in [2.05, 4.69) is 4.98 Å². The van der Waals surface area contributed by atoms with Crippen LogP contribution in [0.2, 0.25) is 0 Å². The molecule has 0 bridgehead atoms. The van der Waals surface area contributed by atoms with Gasteiger partial charge in [0.05, 0.1) is 0 Å². The summed E-state index contributed by atoms with van der Waals surface area (Å²) in [4.78, 5) is 4.04. The van der Waals surface area contributed by atoms with Gasteiger partial charge in [-0.2, -0.15) is 0 Å². The Bertz CT molecular complexity index is 705. The average Bonchev–Trinajstić information content (AvgIpc) is 2.40. The number of hydrogen-bond donors (Lipinski definition) is 0. The van der Waals surface area contributed by atoms with Crippen molar-refractivity contribution in [3.63, 3.8) is 0 Å². The molecule has 88 valence electrons. The SMILES string of the molecule is Fc1ccc(-c2ccnc3c(F)cccc23)cc1. The molecule has 3 heteroatoms. The van der Waals surface area contributed by atoms with Crippen LogP contribution in [0.25, 0.3) is 22.0 Å². The van der Waals surface area contributed by atoms with Crippen LogP contribution in [0.4, 0.5) is 8.78 Å². The van der Waals surface area contributed by atoms with E-state index >= 15 is 0 Å². The Morgan fingerprint density at radius 2 is 1.61 bits per heavy atom.